The quantitative estimate of drug-likeness (QED) is 0.657. The van der Waals surface area contributed by atoms with Crippen LogP contribution in [0.5, 0.6) is 5.75 Å². The molecule has 4 heteroatoms. The average Bonchev–Trinajstić information content (AvgIpc) is 2.94. The molecule has 1 saturated carbocycles. The van der Waals surface area contributed by atoms with Gasteiger partial charge in [0.05, 0.1) is 12.8 Å². The van der Waals surface area contributed by atoms with Crippen molar-refractivity contribution >= 4 is 11.5 Å². The number of benzene rings is 1. The number of anilines is 1. The van der Waals surface area contributed by atoms with E-state index in [-0.39, 0.29) is 5.84 Å². The van der Waals surface area contributed by atoms with Gasteiger partial charge < -0.3 is 15.4 Å². The van der Waals surface area contributed by atoms with E-state index in [2.05, 4.69) is 4.90 Å². The summed E-state index contributed by atoms with van der Waals surface area (Å²) in [6.07, 6.45) is 6.52. The summed E-state index contributed by atoms with van der Waals surface area (Å²) in [6, 6.07) is 6.46. The predicted octanol–water partition coefficient (Wildman–Crippen LogP) is 2.75. The first-order valence-electron chi connectivity index (χ1n) is 7.50. The second-order valence-corrected chi connectivity index (χ2v) is 5.89. The number of nitrogens with one attached hydrogen (secondary N) is 1. The Hall–Kier alpha value is -1.71. The zero-order chi connectivity index (χ0) is 14.1. The van der Waals surface area contributed by atoms with Crippen LogP contribution in [0.25, 0.3) is 0 Å². The summed E-state index contributed by atoms with van der Waals surface area (Å²) < 4.78 is 5.35. The Bertz CT molecular complexity index is 514. The molecule has 3 rings (SSSR count). The highest BCUT2D eigenvalue weighted by molar-refractivity contribution is 6.00. The van der Waals surface area contributed by atoms with E-state index in [0.29, 0.717) is 6.04 Å². The molecule has 1 aromatic carbocycles. The van der Waals surface area contributed by atoms with Crippen molar-refractivity contribution in [1.82, 2.24) is 0 Å². The number of hydrogen-bond acceptors (Lipinski definition) is 3. The number of nitrogens with zero attached hydrogens (tertiary/aromatic N) is 1. The number of ether oxygens (including phenoxy) is 1. The van der Waals surface area contributed by atoms with Gasteiger partial charge in [-0.25, -0.2) is 0 Å². The van der Waals surface area contributed by atoms with Crippen molar-refractivity contribution in [2.75, 3.05) is 18.6 Å². The first-order chi connectivity index (χ1) is 9.70. The molecule has 2 unspecified atom stereocenters. The number of nitrogen functional groups attached to an aromatic ring is 1. The lowest BCUT2D eigenvalue weighted by molar-refractivity contribution is 0.361. The Morgan fingerprint density at radius 1 is 1.30 bits per heavy atom. The molecule has 1 saturated heterocycles. The maximum Gasteiger partial charge on any atom is 0.124 e. The number of amidine groups is 1. The molecular weight excluding hydrogens is 250 g/mol. The molecular formula is C16H23N3O. The molecule has 0 amide bonds. The minimum Gasteiger partial charge on any atom is -0.497 e. The molecule has 20 heavy (non-hydrogen) atoms. The first-order valence-corrected chi connectivity index (χ1v) is 7.50. The van der Waals surface area contributed by atoms with E-state index in [1.54, 1.807) is 7.11 Å². The Balaban J connectivity index is 2.00. The average molecular weight is 273 g/mol. The summed E-state index contributed by atoms with van der Waals surface area (Å²) in [7, 11) is 1.68. The number of piperidine rings is 1. The number of rotatable bonds is 3. The largest absolute Gasteiger partial charge is 0.497 e. The minimum absolute atomic E-state index is 0.141. The minimum atomic E-state index is 0.141. The van der Waals surface area contributed by atoms with Crippen molar-refractivity contribution in [2.24, 2.45) is 11.7 Å². The summed E-state index contributed by atoms with van der Waals surface area (Å²) in [4.78, 5) is 2.47. The highest BCUT2D eigenvalue weighted by Crippen LogP contribution is 2.40. The molecule has 4 nitrogen and oxygen atoms in total. The number of methoxy groups -OCH3 is 1. The van der Waals surface area contributed by atoms with Crippen LogP contribution >= 0.6 is 0 Å². The second kappa shape index (κ2) is 5.35. The van der Waals surface area contributed by atoms with E-state index in [4.69, 9.17) is 15.9 Å². The molecule has 108 valence electrons. The van der Waals surface area contributed by atoms with Crippen LogP contribution in [-0.2, 0) is 0 Å². The maximum atomic E-state index is 7.82. The van der Waals surface area contributed by atoms with Gasteiger partial charge in [0.1, 0.15) is 11.6 Å². The normalized spacial score (nSPS) is 25.4. The summed E-state index contributed by atoms with van der Waals surface area (Å²) in [5.74, 6) is 1.79. The molecule has 2 fully saturated rings. The van der Waals surface area contributed by atoms with Gasteiger partial charge in [-0.05, 0) is 43.7 Å². The zero-order valence-electron chi connectivity index (χ0n) is 12.1. The van der Waals surface area contributed by atoms with Gasteiger partial charge in [-0.2, -0.15) is 0 Å². The van der Waals surface area contributed by atoms with Crippen LogP contribution in [0.15, 0.2) is 18.2 Å². The van der Waals surface area contributed by atoms with Gasteiger partial charge in [-0.1, -0.05) is 6.42 Å². The van der Waals surface area contributed by atoms with E-state index < -0.39 is 0 Å². The lowest BCUT2D eigenvalue weighted by atomic mass is 9.91. The van der Waals surface area contributed by atoms with Crippen LogP contribution in [0, 0.1) is 11.3 Å². The van der Waals surface area contributed by atoms with Gasteiger partial charge in [0, 0.05) is 24.2 Å². The van der Waals surface area contributed by atoms with Gasteiger partial charge in [0.2, 0.25) is 0 Å². The Morgan fingerprint density at radius 3 is 2.85 bits per heavy atom. The number of fused-ring (bicyclic) bond motifs is 1. The Labute approximate surface area is 120 Å². The van der Waals surface area contributed by atoms with Gasteiger partial charge in [-0.3, -0.25) is 5.41 Å². The lowest BCUT2D eigenvalue weighted by Crippen LogP contribution is -2.43. The van der Waals surface area contributed by atoms with Gasteiger partial charge in [0.25, 0.3) is 0 Å². The predicted molar refractivity (Wildman–Crippen MR) is 81.7 cm³/mol. The molecule has 0 aromatic heterocycles. The highest BCUT2D eigenvalue weighted by atomic mass is 16.5. The number of hydrogen-bond donors (Lipinski definition) is 2. The van der Waals surface area contributed by atoms with Crippen molar-refractivity contribution in [3.8, 4) is 5.75 Å². The van der Waals surface area contributed by atoms with Crippen LogP contribution in [-0.4, -0.2) is 25.5 Å². The van der Waals surface area contributed by atoms with Crippen molar-refractivity contribution in [1.29, 1.82) is 5.41 Å². The molecule has 1 aliphatic carbocycles. The fourth-order valence-electron chi connectivity index (χ4n) is 3.86. The SMILES string of the molecule is COc1ccc(C(=N)N)c(N2CCCC3CCCC32)c1. The summed E-state index contributed by atoms with van der Waals surface area (Å²) in [5, 5.41) is 7.82. The molecule has 1 aromatic rings. The fourth-order valence-corrected chi connectivity index (χ4v) is 3.86. The second-order valence-electron chi connectivity index (χ2n) is 5.89. The van der Waals surface area contributed by atoms with E-state index in [0.717, 1.165) is 29.5 Å². The molecule has 2 atom stereocenters. The van der Waals surface area contributed by atoms with E-state index >= 15 is 0 Å². The molecule has 0 radical (unpaired) electrons. The van der Waals surface area contributed by atoms with Crippen LogP contribution in [0.3, 0.4) is 0 Å². The maximum absolute atomic E-state index is 7.82. The molecule has 2 aliphatic rings. The van der Waals surface area contributed by atoms with E-state index in [9.17, 15) is 0 Å². The monoisotopic (exact) mass is 273 g/mol. The van der Waals surface area contributed by atoms with Crippen LogP contribution in [0.1, 0.15) is 37.7 Å². The van der Waals surface area contributed by atoms with Crippen molar-refractivity contribution in [2.45, 2.75) is 38.1 Å². The highest BCUT2D eigenvalue weighted by Gasteiger charge is 2.36. The molecule has 1 heterocycles. The topological polar surface area (TPSA) is 62.3 Å². The van der Waals surface area contributed by atoms with Crippen molar-refractivity contribution in [3.63, 3.8) is 0 Å². The third kappa shape index (κ3) is 2.23. The summed E-state index contributed by atoms with van der Waals surface area (Å²) in [6.45, 7) is 1.06. The van der Waals surface area contributed by atoms with Crippen LogP contribution in [0.4, 0.5) is 5.69 Å². The van der Waals surface area contributed by atoms with Crippen LogP contribution < -0.4 is 15.4 Å². The summed E-state index contributed by atoms with van der Waals surface area (Å²) >= 11 is 0. The third-order valence-electron chi connectivity index (χ3n) is 4.80. The van der Waals surface area contributed by atoms with Gasteiger partial charge >= 0.3 is 0 Å². The van der Waals surface area contributed by atoms with Gasteiger partial charge in [-0.15, -0.1) is 0 Å². The molecule has 0 bridgehead atoms. The smallest absolute Gasteiger partial charge is 0.124 e. The zero-order valence-corrected chi connectivity index (χ0v) is 12.1. The lowest BCUT2D eigenvalue weighted by Gasteiger charge is -2.40. The number of nitrogens with two attached hydrogens (primary N) is 1. The van der Waals surface area contributed by atoms with Crippen LogP contribution in [0.2, 0.25) is 0 Å². The Morgan fingerprint density at radius 2 is 2.10 bits per heavy atom. The third-order valence-corrected chi connectivity index (χ3v) is 4.80. The van der Waals surface area contributed by atoms with Crippen molar-refractivity contribution in [3.05, 3.63) is 23.8 Å². The molecule has 0 spiro atoms. The Kier molecular flexibility index (Phi) is 3.55. The van der Waals surface area contributed by atoms with E-state index in [1.165, 1.54) is 32.1 Å². The summed E-state index contributed by atoms with van der Waals surface area (Å²) in [5.41, 5.74) is 7.67. The fraction of sp³-hybridized carbons (Fsp3) is 0.562. The van der Waals surface area contributed by atoms with Crippen molar-refractivity contribution < 1.29 is 4.74 Å². The standard InChI is InChI=1S/C16H23N3O/c1-20-12-7-8-13(16(17)18)15(10-12)19-9-3-5-11-4-2-6-14(11)19/h7-8,10-11,14H,2-6,9H2,1H3,(H3,17,18). The van der Waals surface area contributed by atoms with Gasteiger partial charge in [0.15, 0.2) is 0 Å². The van der Waals surface area contributed by atoms with E-state index in [1.807, 2.05) is 18.2 Å². The molecule has 3 N–H and O–H groups in total. The molecule has 1 aliphatic heterocycles. The first kappa shape index (κ1) is 13.3.